The number of aliphatic imine (C=N–C) groups is 2. The Labute approximate surface area is 87.4 Å². The summed E-state index contributed by atoms with van der Waals surface area (Å²) in [5, 5.41) is 0. The summed E-state index contributed by atoms with van der Waals surface area (Å²) in [4.78, 5) is 27.3. The zero-order chi connectivity index (χ0) is 11.1. The quantitative estimate of drug-likeness (QED) is 0.554. The van der Waals surface area contributed by atoms with E-state index >= 15 is 0 Å². The van der Waals surface area contributed by atoms with Crippen molar-refractivity contribution in [1.82, 2.24) is 0 Å². The van der Waals surface area contributed by atoms with Gasteiger partial charge < -0.3 is 0 Å². The van der Waals surface area contributed by atoms with E-state index in [1.807, 2.05) is 19.1 Å². The molecule has 0 heterocycles. The summed E-state index contributed by atoms with van der Waals surface area (Å²) in [7, 11) is 0. The highest BCUT2D eigenvalue weighted by Crippen LogP contribution is 2.23. The summed E-state index contributed by atoms with van der Waals surface area (Å²) in [6.07, 6.45) is 3.76. The summed E-state index contributed by atoms with van der Waals surface area (Å²) >= 11 is 0. The average Bonchev–Trinajstić information content (AvgIpc) is 2.27. The van der Waals surface area contributed by atoms with Crippen molar-refractivity contribution in [2.75, 3.05) is 0 Å². The minimum Gasteiger partial charge on any atom is -0.211 e. The van der Waals surface area contributed by atoms with Gasteiger partial charge in [0.2, 0.25) is 12.2 Å². The maximum Gasteiger partial charge on any atom is 0.240 e. The SMILES string of the molecule is CCc1cccc(N=C=O)c1CN=C=O. The van der Waals surface area contributed by atoms with Gasteiger partial charge in [-0.05, 0) is 18.1 Å². The molecular formula is C11H10N2O2. The van der Waals surface area contributed by atoms with Crippen LogP contribution in [0, 0.1) is 0 Å². The van der Waals surface area contributed by atoms with Crippen LogP contribution in [0.1, 0.15) is 18.1 Å². The van der Waals surface area contributed by atoms with Crippen LogP contribution in [0.3, 0.4) is 0 Å². The molecule has 76 valence electrons. The van der Waals surface area contributed by atoms with E-state index in [0.717, 1.165) is 17.5 Å². The minimum atomic E-state index is 0.202. The summed E-state index contributed by atoms with van der Waals surface area (Å²) in [6.45, 7) is 2.19. The van der Waals surface area contributed by atoms with E-state index in [4.69, 9.17) is 0 Å². The highest BCUT2D eigenvalue weighted by molar-refractivity contribution is 5.56. The molecule has 0 radical (unpaired) electrons. The highest BCUT2D eigenvalue weighted by Gasteiger charge is 2.05. The zero-order valence-electron chi connectivity index (χ0n) is 8.36. The molecule has 1 aromatic rings. The van der Waals surface area contributed by atoms with Gasteiger partial charge in [0, 0.05) is 5.56 Å². The number of aryl methyl sites for hydroxylation is 1. The maximum absolute atomic E-state index is 10.2. The van der Waals surface area contributed by atoms with Crippen molar-refractivity contribution in [3.05, 3.63) is 29.3 Å². The van der Waals surface area contributed by atoms with Gasteiger partial charge in [0.25, 0.3) is 0 Å². The zero-order valence-corrected chi connectivity index (χ0v) is 8.36. The Morgan fingerprint density at radius 1 is 1.27 bits per heavy atom. The molecule has 4 nitrogen and oxygen atoms in total. The normalized spacial score (nSPS) is 8.87. The Bertz CT molecular complexity index is 442. The lowest BCUT2D eigenvalue weighted by atomic mass is 10.0. The molecule has 0 saturated carbocycles. The number of nitrogens with zero attached hydrogens (tertiary/aromatic N) is 2. The molecule has 15 heavy (non-hydrogen) atoms. The van der Waals surface area contributed by atoms with E-state index < -0.39 is 0 Å². The Morgan fingerprint density at radius 2 is 2.07 bits per heavy atom. The maximum atomic E-state index is 10.2. The average molecular weight is 202 g/mol. The fraction of sp³-hybridized carbons (Fsp3) is 0.273. The first-order valence-corrected chi connectivity index (χ1v) is 4.55. The molecule has 0 bridgehead atoms. The third-order valence-corrected chi connectivity index (χ3v) is 2.10. The van der Waals surface area contributed by atoms with E-state index in [0.29, 0.717) is 5.69 Å². The predicted molar refractivity (Wildman–Crippen MR) is 55.4 cm³/mol. The molecule has 0 spiro atoms. The lowest BCUT2D eigenvalue weighted by molar-refractivity contribution is 0.562. The van der Waals surface area contributed by atoms with Gasteiger partial charge in [-0.25, -0.2) is 14.6 Å². The van der Waals surface area contributed by atoms with Crippen molar-refractivity contribution in [3.8, 4) is 0 Å². The highest BCUT2D eigenvalue weighted by atomic mass is 16.1. The number of isocyanates is 2. The molecule has 0 aromatic heterocycles. The summed E-state index contributed by atoms with van der Waals surface area (Å²) in [5.74, 6) is 0. The Hall–Kier alpha value is -2.02. The largest absolute Gasteiger partial charge is 0.240 e. The molecule has 0 unspecified atom stereocenters. The van der Waals surface area contributed by atoms with Crippen LogP contribution in [-0.4, -0.2) is 12.2 Å². The Kier molecular flexibility index (Phi) is 4.17. The van der Waals surface area contributed by atoms with E-state index in [1.54, 1.807) is 6.07 Å². The van der Waals surface area contributed by atoms with Crippen LogP contribution < -0.4 is 0 Å². The molecule has 0 aliphatic rings. The van der Waals surface area contributed by atoms with Gasteiger partial charge in [0.15, 0.2) is 0 Å². The number of carbonyl (C=O) groups excluding carboxylic acids is 2. The topological polar surface area (TPSA) is 58.9 Å². The Balaban J connectivity index is 3.25. The van der Waals surface area contributed by atoms with Crippen LogP contribution in [0.2, 0.25) is 0 Å². The van der Waals surface area contributed by atoms with Gasteiger partial charge in [-0.3, -0.25) is 0 Å². The fourth-order valence-electron chi connectivity index (χ4n) is 1.40. The second kappa shape index (κ2) is 5.66. The molecule has 0 N–H and O–H groups in total. The first kappa shape index (κ1) is 11.1. The second-order valence-electron chi connectivity index (χ2n) is 2.88. The van der Waals surface area contributed by atoms with Gasteiger partial charge in [0.1, 0.15) is 0 Å². The summed E-state index contributed by atoms with van der Waals surface area (Å²) in [5.41, 5.74) is 2.32. The molecule has 0 amide bonds. The number of hydrogen-bond acceptors (Lipinski definition) is 4. The lowest BCUT2D eigenvalue weighted by Gasteiger charge is -2.06. The molecule has 0 atom stereocenters. The van der Waals surface area contributed by atoms with Crippen LogP contribution >= 0.6 is 0 Å². The van der Waals surface area contributed by atoms with Crippen molar-refractivity contribution in [3.63, 3.8) is 0 Å². The lowest BCUT2D eigenvalue weighted by Crippen LogP contribution is -1.91. The number of rotatable bonds is 4. The molecule has 0 aliphatic heterocycles. The molecule has 1 aromatic carbocycles. The second-order valence-corrected chi connectivity index (χ2v) is 2.88. The molecular weight excluding hydrogens is 192 g/mol. The molecule has 0 aliphatic carbocycles. The van der Waals surface area contributed by atoms with Crippen molar-refractivity contribution in [2.24, 2.45) is 9.98 Å². The van der Waals surface area contributed by atoms with E-state index in [9.17, 15) is 9.59 Å². The van der Waals surface area contributed by atoms with E-state index in [-0.39, 0.29) is 6.54 Å². The van der Waals surface area contributed by atoms with Crippen LogP contribution in [-0.2, 0) is 22.6 Å². The van der Waals surface area contributed by atoms with Gasteiger partial charge in [-0.2, -0.15) is 4.99 Å². The van der Waals surface area contributed by atoms with Gasteiger partial charge in [-0.1, -0.05) is 19.1 Å². The monoisotopic (exact) mass is 202 g/mol. The number of hydrogen-bond donors (Lipinski definition) is 0. The van der Waals surface area contributed by atoms with E-state index in [2.05, 4.69) is 9.98 Å². The van der Waals surface area contributed by atoms with Crippen LogP contribution in [0.5, 0.6) is 0 Å². The smallest absolute Gasteiger partial charge is 0.211 e. The first-order valence-electron chi connectivity index (χ1n) is 4.55. The van der Waals surface area contributed by atoms with Crippen molar-refractivity contribution >= 4 is 17.8 Å². The van der Waals surface area contributed by atoms with Crippen LogP contribution in [0.25, 0.3) is 0 Å². The standard InChI is InChI=1S/C11H10N2O2/c1-2-9-4-3-5-11(13-8-15)10(9)6-12-7-14/h3-5H,2,6H2,1H3. The third kappa shape index (κ3) is 2.71. The molecule has 0 fully saturated rings. The molecule has 1 rings (SSSR count). The Morgan fingerprint density at radius 3 is 2.67 bits per heavy atom. The van der Waals surface area contributed by atoms with Crippen LogP contribution in [0.4, 0.5) is 5.69 Å². The van der Waals surface area contributed by atoms with Gasteiger partial charge in [0.05, 0.1) is 12.2 Å². The third-order valence-electron chi connectivity index (χ3n) is 2.10. The van der Waals surface area contributed by atoms with Crippen LogP contribution in [0.15, 0.2) is 28.2 Å². The van der Waals surface area contributed by atoms with Crippen molar-refractivity contribution in [1.29, 1.82) is 0 Å². The summed E-state index contributed by atoms with van der Waals surface area (Å²) < 4.78 is 0. The minimum absolute atomic E-state index is 0.202. The molecule has 4 heteroatoms. The van der Waals surface area contributed by atoms with Gasteiger partial charge >= 0.3 is 0 Å². The van der Waals surface area contributed by atoms with E-state index in [1.165, 1.54) is 12.2 Å². The number of benzene rings is 1. The molecule has 0 saturated heterocycles. The summed E-state index contributed by atoms with van der Waals surface area (Å²) in [6, 6.07) is 5.42. The predicted octanol–water partition coefficient (Wildman–Crippen LogP) is 2.05. The first-order chi connectivity index (χ1) is 7.33. The van der Waals surface area contributed by atoms with Crippen molar-refractivity contribution < 1.29 is 9.59 Å². The van der Waals surface area contributed by atoms with Gasteiger partial charge in [-0.15, -0.1) is 0 Å². The van der Waals surface area contributed by atoms with Crippen molar-refractivity contribution in [2.45, 2.75) is 19.9 Å². The fourth-order valence-corrected chi connectivity index (χ4v) is 1.40.